The molecule has 0 saturated heterocycles. The number of benzene rings is 2. The number of hydrogen-bond acceptors (Lipinski definition) is 11. The van der Waals surface area contributed by atoms with Crippen molar-refractivity contribution in [1.82, 2.24) is 0 Å². The van der Waals surface area contributed by atoms with Crippen LogP contribution in [0.5, 0.6) is 0 Å². The van der Waals surface area contributed by atoms with Gasteiger partial charge < -0.3 is 5.32 Å². The molecule has 0 unspecified atom stereocenters. The van der Waals surface area contributed by atoms with Crippen LogP contribution in [-0.2, 0) is 14.3 Å². The summed E-state index contributed by atoms with van der Waals surface area (Å²) in [6, 6.07) is 16.7. The first kappa shape index (κ1) is 24.5. The van der Waals surface area contributed by atoms with Crippen LogP contribution in [0, 0.1) is 32.8 Å². The first-order chi connectivity index (χ1) is 16.2. The van der Waals surface area contributed by atoms with E-state index in [4.69, 9.17) is 4.18 Å². The molecule has 13 heteroatoms. The third-order valence-corrected chi connectivity index (χ3v) is 5.94. The molecule has 0 bridgehead atoms. The maximum Gasteiger partial charge on any atom is 0.270 e. The first-order valence-corrected chi connectivity index (χ1v) is 12.2. The Labute approximate surface area is 198 Å². The van der Waals surface area contributed by atoms with Gasteiger partial charge in [-0.2, -0.15) is 18.9 Å². The van der Waals surface area contributed by atoms with Crippen molar-refractivity contribution >= 4 is 42.8 Å². The Morgan fingerprint density at radius 3 is 2.50 bits per heavy atom. The fourth-order valence-electron chi connectivity index (χ4n) is 2.86. The number of nitrogens with one attached hydrogen (secondary N) is 1. The standard InChI is InChI=1S/C21H16N6O5S2/c1-34(30,31)32-10-9-24-20-17(13-23)19(14-5-3-2-4-6-14)21(33-20)26-25-18-8-7-16(27(28)29)11-15(18)12-22/h2-8,11,24H,9-10H2,1H3. The van der Waals surface area contributed by atoms with Crippen LogP contribution < -0.4 is 5.32 Å². The molecule has 0 aliphatic carbocycles. The van der Waals surface area contributed by atoms with Gasteiger partial charge in [0.1, 0.15) is 27.8 Å². The van der Waals surface area contributed by atoms with Gasteiger partial charge in [0.15, 0.2) is 0 Å². The van der Waals surface area contributed by atoms with Crippen molar-refractivity contribution in [3.05, 3.63) is 69.8 Å². The highest BCUT2D eigenvalue weighted by Gasteiger charge is 2.20. The summed E-state index contributed by atoms with van der Waals surface area (Å²) in [5.74, 6) is 0. The van der Waals surface area contributed by atoms with Gasteiger partial charge in [-0.15, -0.1) is 10.2 Å². The number of thiophene rings is 1. The zero-order valence-electron chi connectivity index (χ0n) is 17.6. The second-order valence-electron chi connectivity index (χ2n) is 6.69. The van der Waals surface area contributed by atoms with Crippen molar-refractivity contribution < 1.29 is 17.5 Å². The second-order valence-corrected chi connectivity index (χ2v) is 9.33. The van der Waals surface area contributed by atoms with Crippen LogP contribution in [0.4, 0.5) is 21.4 Å². The summed E-state index contributed by atoms with van der Waals surface area (Å²) in [5, 5.41) is 42.2. The minimum Gasteiger partial charge on any atom is -0.373 e. The molecular weight excluding hydrogens is 480 g/mol. The van der Waals surface area contributed by atoms with Crippen molar-refractivity contribution in [2.45, 2.75) is 0 Å². The van der Waals surface area contributed by atoms with Crippen LogP contribution in [0.3, 0.4) is 0 Å². The lowest BCUT2D eigenvalue weighted by atomic mass is 10.0. The number of rotatable bonds is 9. The molecule has 0 spiro atoms. The van der Waals surface area contributed by atoms with Crippen LogP contribution in [0.2, 0.25) is 0 Å². The van der Waals surface area contributed by atoms with E-state index in [1.54, 1.807) is 24.3 Å². The van der Waals surface area contributed by atoms with Crippen molar-refractivity contribution in [1.29, 1.82) is 10.5 Å². The fraction of sp³-hybridized carbons (Fsp3) is 0.143. The van der Waals surface area contributed by atoms with E-state index >= 15 is 0 Å². The number of nitro groups is 1. The Morgan fingerprint density at radius 2 is 1.88 bits per heavy atom. The predicted molar refractivity (Wildman–Crippen MR) is 126 cm³/mol. The van der Waals surface area contributed by atoms with Crippen LogP contribution in [-0.4, -0.2) is 32.7 Å². The number of nitriles is 2. The largest absolute Gasteiger partial charge is 0.373 e. The Balaban J connectivity index is 2.01. The number of azo groups is 1. The molecule has 3 aromatic rings. The lowest BCUT2D eigenvalue weighted by molar-refractivity contribution is -0.384. The SMILES string of the molecule is CS(=O)(=O)OCCNc1sc(N=Nc2ccc([N+](=O)[O-])cc2C#N)c(-c2ccccc2)c1C#N. The lowest BCUT2D eigenvalue weighted by Crippen LogP contribution is -2.12. The van der Waals surface area contributed by atoms with Crippen molar-refractivity contribution in [2.24, 2.45) is 10.2 Å². The van der Waals surface area contributed by atoms with Gasteiger partial charge in [0.25, 0.3) is 15.8 Å². The molecule has 0 aliphatic rings. The molecule has 0 fully saturated rings. The molecule has 0 radical (unpaired) electrons. The Hall–Kier alpha value is -4.17. The monoisotopic (exact) mass is 496 g/mol. The normalized spacial score (nSPS) is 11.1. The number of non-ortho nitro benzene ring substituents is 1. The van der Waals surface area contributed by atoms with Gasteiger partial charge in [-0.05, 0) is 11.6 Å². The highest BCUT2D eigenvalue weighted by Crippen LogP contribution is 2.46. The molecular formula is C21H16N6O5S2. The molecule has 172 valence electrons. The van der Waals surface area contributed by atoms with E-state index in [-0.39, 0.29) is 35.7 Å². The topological polar surface area (TPSA) is 171 Å². The van der Waals surface area contributed by atoms with E-state index < -0.39 is 15.0 Å². The van der Waals surface area contributed by atoms with Crippen molar-refractivity contribution in [3.63, 3.8) is 0 Å². The smallest absolute Gasteiger partial charge is 0.270 e. The van der Waals surface area contributed by atoms with Crippen LogP contribution in [0.1, 0.15) is 11.1 Å². The highest BCUT2D eigenvalue weighted by atomic mass is 32.2. The van der Waals surface area contributed by atoms with E-state index in [9.17, 15) is 29.1 Å². The molecule has 0 saturated carbocycles. The maximum absolute atomic E-state index is 11.2. The molecule has 2 aromatic carbocycles. The van der Waals surface area contributed by atoms with Gasteiger partial charge >= 0.3 is 0 Å². The molecule has 1 aromatic heterocycles. The van der Waals surface area contributed by atoms with E-state index in [1.165, 1.54) is 12.1 Å². The molecule has 0 aliphatic heterocycles. The van der Waals surface area contributed by atoms with Crippen molar-refractivity contribution in [3.8, 4) is 23.3 Å². The van der Waals surface area contributed by atoms with Gasteiger partial charge in [-0.3, -0.25) is 14.3 Å². The van der Waals surface area contributed by atoms with E-state index in [2.05, 4.69) is 21.6 Å². The van der Waals surface area contributed by atoms with E-state index in [1.807, 2.05) is 12.1 Å². The van der Waals surface area contributed by atoms with Crippen LogP contribution in [0.25, 0.3) is 11.1 Å². The number of anilines is 1. The molecule has 0 amide bonds. The molecule has 1 heterocycles. The van der Waals surface area contributed by atoms with Gasteiger partial charge in [-0.25, -0.2) is 0 Å². The Morgan fingerprint density at radius 1 is 1.15 bits per heavy atom. The minimum absolute atomic E-state index is 0.0208. The summed E-state index contributed by atoms with van der Waals surface area (Å²) in [5.41, 5.74) is 1.36. The lowest BCUT2D eigenvalue weighted by Gasteiger charge is -2.05. The van der Waals surface area contributed by atoms with Gasteiger partial charge in [0.05, 0.1) is 28.9 Å². The summed E-state index contributed by atoms with van der Waals surface area (Å²) >= 11 is 1.11. The average Bonchev–Trinajstić information content (AvgIpc) is 3.17. The highest BCUT2D eigenvalue weighted by molar-refractivity contribution is 7.85. The third-order valence-electron chi connectivity index (χ3n) is 4.31. The van der Waals surface area contributed by atoms with Gasteiger partial charge in [0.2, 0.25) is 0 Å². The van der Waals surface area contributed by atoms with Crippen molar-refractivity contribution in [2.75, 3.05) is 24.7 Å². The minimum atomic E-state index is -3.60. The molecule has 0 atom stereocenters. The summed E-state index contributed by atoms with van der Waals surface area (Å²) in [4.78, 5) is 10.3. The van der Waals surface area contributed by atoms with Gasteiger partial charge in [0, 0.05) is 24.2 Å². The number of nitro benzene ring substituents is 1. The third kappa shape index (κ3) is 5.99. The second kappa shape index (κ2) is 10.6. The summed E-state index contributed by atoms with van der Waals surface area (Å²) in [6.07, 6.45) is 0.943. The zero-order chi connectivity index (χ0) is 24.7. The summed E-state index contributed by atoms with van der Waals surface area (Å²) in [7, 11) is -3.60. The van der Waals surface area contributed by atoms with E-state index in [0.717, 1.165) is 23.7 Å². The molecule has 11 nitrogen and oxygen atoms in total. The molecule has 3 rings (SSSR count). The maximum atomic E-state index is 11.2. The molecule has 34 heavy (non-hydrogen) atoms. The predicted octanol–water partition coefficient (Wildman–Crippen LogP) is 4.87. The number of nitrogens with zero attached hydrogens (tertiary/aromatic N) is 5. The Kier molecular flexibility index (Phi) is 7.65. The average molecular weight is 497 g/mol. The first-order valence-electron chi connectivity index (χ1n) is 9.54. The molecule has 1 N–H and O–H groups in total. The Bertz CT molecular complexity index is 1440. The van der Waals surface area contributed by atoms with E-state index in [0.29, 0.717) is 21.1 Å². The summed E-state index contributed by atoms with van der Waals surface area (Å²) in [6.45, 7) is -0.0124. The van der Waals surface area contributed by atoms with Gasteiger partial charge in [-0.1, -0.05) is 41.7 Å². The van der Waals surface area contributed by atoms with Crippen LogP contribution >= 0.6 is 11.3 Å². The quantitative estimate of drug-likeness (QED) is 0.144. The summed E-state index contributed by atoms with van der Waals surface area (Å²) < 4.78 is 27.0. The number of hydrogen-bond donors (Lipinski definition) is 1. The zero-order valence-corrected chi connectivity index (χ0v) is 19.3. The van der Waals surface area contributed by atoms with Crippen LogP contribution in [0.15, 0.2) is 58.8 Å². The fourth-order valence-corrected chi connectivity index (χ4v) is 4.27.